The van der Waals surface area contributed by atoms with E-state index in [0.29, 0.717) is 12.3 Å². The zero-order chi connectivity index (χ0) is 13.3. The number of likely N-dealkylation sites (tertiary alicyclic amines) is 1. The number of nitrogens with zero attached hydrogens (tertiary/aromatic N) is 2. The number of carboxylic acid groups (broad SMARTS) is 1. The van der Waals surface area contributed by atoms with Gasteiger partial charge in [-0.3, -0.25) is 9.59 Å². The molecule has 1 aromatic heterocycles. The van der Waals surface area contributed by atoms with Crippen LogP contribution in [0.2, 0.25) is 0 Å². The fourth-order valence-electron chi connectivity index (χ4n) is 2.04. The molecule has 18 heavy (non-hydrogen) atoms. The van der Waals surface area contributed by atoms with Crippen LogP contribution in [-0.4, -0.2) is 33.4 Å². The van der Waals surface area contributed by atoms with Crippen LogP contribution in [0.5, 0.6) is 0 Å². The van der Waals surface area contributed by atoms with Crippen molar-refractivity contribution in [2.24, 2.45) is 5.92 Å². The predicted molar refractivity (Wildman–Crippen MR) is 61.8 cm³/mol. The van der Waals surface area contributed by atoms with Crippen molar-refractivity contribution in [3.8, 4) is 0 Å². The Bertz CT molecular complexity index is 461. The molecule has 1 N–H and O–H groups in total. The smallest absolute Gasteiger partial charge is 0.308 e. The van der Waals surface area contributed by atoms with E-state index in [1.54, 1.807) is 0 Å². The van der Waals surface area contributed by atoms with Gasteiger partial charge >= 0.3 is 5.97 Å². The van der Waals surface area contributed by atoms with Crippen LogP contribution in [-0.2, 0) is 16.1 Å². The Morgan fingerprint density at radius 1 is 1.56 bits per heavy atom. The highest BCUT2D eigenvalue weighted by atomic mass is 16.4. The van der Waals surface area contributed by atoms with Gasteiger partial charge in [-0.2, -0.15) is 0 Å². The molecule has 1 aromatic rings. The average Bonchev–Trinajstić information content (AvgIpc) is 2.61. The fraction of sp³-hybridized carbons (Fsp3) is 0.583. The fourth-order valence-corrected chi connectivity index (χ4v) is 2.04. The van der Waals surface area contributed by atoms with E-state index in [9.17, 15) is 9.59 Å². The number of oxazole rings is 1. The van der Waals surface area contributed by atoms with E-state index in [1.807, 2.05) is 13.8 Å². The molecule has 0 radical (unpaired) electrons. The summed E-state index contributed by atoms with van der Waals surface area (Å²) in [7, 11) is 0. The summed E-state index contributed by atoms with van der Waals surface area (Å²) in [6.07, 6.45) is 0.684. The molecular weight excluding hydrogens is 236 g/mol. The summed E-state index contributed by atoms with van der Waals surface area (Å²) in [4.78, 5) is 28.4. The van der Waals surface area contributed by atoms with Gasteiger partial charge in [-0.25, -0.2) is 4.98 Å². The molecule has 0 saturated carbocycles. The standard InChI is InChI=1S/C12H16N2O4/c1-7-8(2)18-10(13-7)6-14-5-9(12(16)17)3-4-11(14)15/h9H,3-6H2,1-2H3,(H,16,17). The Labute approximate surface area is 105 Å². The van der Waals surface area contributed by atoms with Gasteiger partial charge in [0.1, 0.15) is 5.76 Å². The molecule has 0 aliphatic carbocycles. The van der Waals surface area contributed by atoms with Crippen molar-refractivity contribution < 1.29 is 19.1 Å². The van der Waals surface area contributed by atoms with Crippen LogP contribution in [0.3, 0.4) is 0 Å². The second-order valence-corrected chi connectivity index (χ2v) is 4.60. The highest BCUT2D eigenvalue weighted by Gasteiger charge is 2.30. The van der Waals surface area contributed by atoms with Gasteiger partial charge in [0.2, 0.25) is 11.8 Å². The van der Waals surface area contributed by atoms with Gasteiger partial charge in [0.25, 0.3) is 0 Å². The molecule has 1 aliphatic heterocycles. The van der Waals surface area contributed by atoms with Crippen molar-refractivity contribution in [1.29, 1.82) is 0 Å². The minimum absolute atomic E-state index is 0.0407. The molecule has 0 aromatic carbocycles. The zero-order valence-corrected chi connectivity index (χ0v) is 10.5. The molecule has 2 rings (SSSR count). The van der Waals surface area contributed by atoms with Crippen LogP contribution in [0.15, 0.2) is 4.42 Å². The Kier molecular flexibility index (Phi) is 3.36. The lowest BCUT2D eigenvalue weighted by atomic mass is 9.98. The molecular formula is C12H16N2O4. The molecule has 6 heteroatoms. The van der Waals surface area contributed by atoms with Crippen molar-refractivity contribution in [2.45, 2.75) is 33.2 Å². The Morgan fingerprint density at radius 3 is 2.83 bits per heavy atom. The SMILES string of the molecule is Cc1nc(CN2CC(C(=O)O)CCC2=O)oc1C. The second-order valence-electron chi connectivity index (χ2n) is 4.60. The summed E-state index contributed by atoms with van der Waals surface area (Å²) < 4.78 is 5.41. The minimum Gasteiger partial charge on any atom is -0.481 e. The summed E-state index contributed by atoms with van der Waals surface area (Å²) in [5.41, 5.74) is 0.796. The van der Waals surface area contributed by atoms with E-state index in [-0.39, 0.29) is 25.4 Å². The zero-order valence-electron chi connectivity index (χ0n) is 10.5. The van der Waals surface area contributed by atoms with Gasteiger partial charge in [-0.15, -0.1) is 0 Å². The van der Waals surface area contributed by atoms with Gasteiger partial charge in [0.15, 0.2) is 0 Å². The number of carbonyl (C=O) groups excluding carboxylic acids is 1. The predicted octanol–water partition coefficient (Wildman–Crippen LogP) is 1.11. The molecule has 0 spiro atoms. The van der Waals surface area contributed by atoms with E-state index in [4.69, 9.17) is 9.52 Å². The van der Waals surface area contributed by atoms with Crippen molar-refractivity contribution in [2.75, 3.05) is 6.54 Å². The maximum atomic E-state index is 11.7. The number of carboxylic acids is 1. The first-order valence-electron chi connectivity index (χ1n) is 5.91. The normalized spacial score (nSPS) is 20.2. The van der Waals surface area contributed by atoms with Gasteiger partial charge in [-0.1, -0.05) is 0 Å². The Morgan fingerprint density at radius 2 is 2.28 bits per heavy atom. The molecule has 1 amide bonds. The van der Waals surface area contributed by atoms with Crippen molar-refractivity contribution in [1.82, 2.24) is 9.88 Å². The highest BCUT2D eigenvalue weighted by molar-refractivity contribution is 5.80. The van der Waals surface area contributed by atoms with Crippen molar-refractivity contribution >= 4 is 11.9 Å². The number of aryl methyl sites for hydroxylation is 2. The summed E-state index contributed by atoms with van der Waals surface area (Å²) in [6, 6.07) is 0. The first kappa shape index (κ1) is 12.6. The molecule has 6 nitrogen and oxygen atoms in total. The third-order valence-corrected chi connectivity index (χ3v) is 3.25. The first-order valence-corrected chi connectivity index (χ1v) is 5.91. The maximum Gasteiger partial charge on any atom is 0.308 e. The van der Waals surface area contributed by atoms with Crippen LogP contribution < -0.4 is 0 Å². The van der Waals surface area contributed by atoms with Gasteiger partial charge < -0.3 is 14.4 Å². The van der Waals surface area contributed by atoms with E-state index in [0.717, 1.165) is 11.5 Å². The number of amides is 1. The van der Waals surface area contributed by atoms with Crippen LogP contribution in [0.1, 0.15) is 30.2 Å². The largest absolute Gasteiger partial charge is 0.481 e. The maximum absolute atomic E-state index is 11.7. The molecule has 1 aliphatic rings. The van der Waals surface area contributed by atoms with Gasteiger partial charge in [0.05, 0.1) is 18.2 Å². The van der Waals surface area contributed by atoms with Crippen molar-refractivity contribution in [3.05, 3.63) is 17.3 Å². The topological polar surface area (TPSA) is 83.6 Å². The number of aromatic nitrogens is 1. The number of piperidine rings is 1. The van der Waals surface area contributed by atoms with Crippen molar-refractivity contribution in [3.63, 3.8) is 0 Å². The van der Waals surface area contributed by atoms with Gasteiger partial charge in [0, 0.05) is 13.0 Å². The Hall–Kier alpha value is -1.85. The molecule has 1 unspecified atom stereocenters. The lowest BCUT2D eigenvalue weighted by molar-refractivity contribution is -0.147. The third kappa shape index (κ3) is 2.52. The number of carbonyl (C=O) groups is 2. The Balaban J connectivity index is 2.07. The van der Waals surface area contributed by atoms with E-state index >= 15 is 0 Å². The molecule has 1 saturated heterocycles. The summed E-state index contributed by atoms with van der Waals surface area (Å²) in [5, 5.41) is 8.98. The van der Waals surface area contributed by atoms with Crippen LogP contribution in [0, 0.1) is 19.8 Å². The molecule has 1 atom stereocenters. The monoisotopic (exact) mass is 252 g/mol. The summed E-state index contributed by atoms with van der Waals surface area (Å²) in [5.74, 6) is -0.193. The summed E-state index contributed by atoms with van der Waals surface area (Å²) in [6.45, 7) is 4.12. The van der Waals surface area contributed by atoms with E-state index in [2.05, 4.69) is 4.98 Å². The van der Waals surface area contributed by atoms with Crippen LogP contribution >= 0.6 is 0 Å². The molecule has 2 heterocycles. The molecule has 1 fully saturated rings. The highest BCUT2D eigenvalue weighted by Crippen LogP contribution is 2.20. The quantitative estimate of drug-likeness (QED) is 0.871. The van der Waals surface area contributed by atoms with E-state index in [1.165, 1.54) is 4.90 Å². The average molecular weight is 252 g/mol. The number of hydrogen-bond acceptors (Lipinski definition) is 4. The minimum atomic E-state index is -0.854. The van der Waals surface area contributed by atoms with E-state index < -0.39 is 11.9 Å². The molecule has 98 valence electrons. The first-order chi connectivity index (χ1) is 8.47. The number of rotatable bonds is 3. The third-order valence-electron chi connectivity index (χ3n) is 3.25. The lowest BCUT2D eigenvalue weighted by Gasteiger charge is -2.29. The number of hydrogen-bond donors (Lipinski definition) is 1. The van der Waals surface area contributed by atoms with Gasteiger partial charge in [-0.05, 0) is 20.3 Å². The molecule has 0 bridgehead atoms. The lowest BCUT2D eigenvalue weighted by Crippen LogP contribution is -2.42. The second kappa shape index (κ2) is 4.80. The van der Waals surface area contributed by atoms with Crippen LogP contribution in [0.25, 0.3) is 0 Å². The van der Waals surface area contributed by atoms with Crippen LogP contribution in [0.4, 0.5) is 0 Å². The summed E-state index contributed by atoms with van der Waals surface area (Å²) >= 11 is 0. The number of aliphatic carboxylic acids is 1.